The van der Waals surface area contributed by atoms with Crippen LogP contribution in [0.2, 0.25) is 5.02 Å². The number of ether oxygens (including phenoxy) is 2. The lowest BCUT2D eigenvalue weighted by Crippen LogP contribution is -2.30. The van der Waals surface area contributed by atoms with Crippen LogP contribution in [0.15, 0.2) is 18.2 Å². The minimum atomic E-state index is -0.193. The minimum Gasteiger partial charge on any atom is -0.495 e. The third kappa shape index (κ3) is 4.90. The van der Waals surface area contributed by atoms with Gasteiger partial charge in [-0.15, -0.1) is 0 Å². The van der Waals surface area contributed by atoms with Crippen molar-refractivity contribution in [2.75, 3.05) is 26.8 Å². The highest BCUT2D eigenvalue weighted by molar-refractivity contribution is 6.32. The summed E-state index contributed by atoms with van der Waals surface area (Å²) in [5, 5.41) is 0.552. The van der Waals surface area contributed by atoms with Crippen molar-refractivity contribution in [1.29, 1.82) is 0 Å². The molecular weight excluding hydrogens is 290 g/mol. The lowest BCUT2D eigenvalue weighted by atomic mass is 10.0. The first kappa shape index (κ1) is 17.8. The Labute approximate surface area is 132 Å². The first-order valence-electron chi connectivity index (χ1n) is 7.30. The predicted octanol–water partition coefficient (Wildman–Crippen LogP) is 3.68. The molecule has 1 unspecified atom stereocenters. The number of rotatable bonds is 8. The number of carbonyl (C=O) groups excluding carboxylic acids is 1. The molecule has 21 heavy (non-hydrogen) atoms. The molecule has 1 atom stereocenters. The molecule has 0 aliphatic carbocycles. The number of nitrogens with zero attached hydrogens (tertiary/aromatic N) is 1. The van der Waals surface area contributed by atoms with Crippen LogP contribution in [0.25, 0.3) is 0 Å². The van der Waals surface area contributed by atoms with Crippen molar-refractivity contribution in [3.63, 3.8) is 0 Å². The Bertz CT molecular complexity index is 461. The molecule has 1 aromatic rings. The highest BCUT2D eigenvalue weighted by Gasteiger charge is 2.22. The molecule has 0 aliphatic heterocycles. The fraction of sp³-hybridized carbons (Fsp3) is 0.562. The highest BCUT2D eigenvalue weighted by Crippen LogP contribution is 2.31. The van der Waals surface area contributed by atoms with Gasteiger partial charge in [0.05, 0.1) is 25.2 Å². The van der Waals surface area contributed by atoms with E-state index < -0.39 is 0 Å². The topological polar surface area (TPSA) is 38.8 Å². The molecule has 118 valence electrons. The average Bonchev–Trinajstić information content (AvgIpc) is 2.47. The fourth-order valence-corrected chi connectivity index (χ4v) is 2.66. The molecule has 0 spiro atoms. The van der Waals surface area contributed by atoms with Crippen molar-refractivity contribution in [3.05, 3.63) is 28.8 Å². The van der Waals surface area contributed by atoms with Gasteiger partial charge < -0.3 is 9.47 Å². The quantitative estimate of drug-likeness (QED) is 0.686. The maximum atomic E-state index is 11.9. The van der Waals surface area contributed by atoms with Crippen LogP contribution in [0.1, 0.15) is 38.8 Å². The van der Waals surface area contributed by atoms with Crippen LogP contribution in [0.3, 0.4) is 0 Å². The Hall–Kier alpha value is -1.26. The molecule has 0 bridgehead atoms. The molecule has 0 saturated carbocycles. The fourth-order valence-electron chi connectivity index (χ4n) is 2.39. The normalized spacial score (nSPS) is 12.3. The van der Waals surface area contributed by atoms with Gasteiger partial charge in [-0.2, -0.15) is 0 Å². The maximum absolute atomic E-state index is 11.9. The van der Waals surface area contributed by atoms with E-state index in [-0.39, 0.29) is 12.0 Å². The Morgan fingerprint density at radius 3 is 2.43 bits per heavy atom. The maximum Gasteiger partial charge on any atom is 0.307 e. The summed E-state index contributed by atoms with van der Waals surface area (Å²) in [5.41, 5.74) is 0.998. The van der Waals surface area contributed by atoms with E-state index >= 15 is 0 Å². The molecule has 0 aromatic heterocycles. The largest absolute Gasteiger partial charge is 0.495 e. The van der Waals surface area contributed by atoms with Crippen LogP contribution >= 0.6 is 11.6 Å². The molecule has 0 radical (unpaired) electrons. The lowest BCUT2D eigenvalue weighted by molar-refractivity contribution is -0.144. The van der Waals surface area contributed by atoms with Crippen LogP contribution in [0.4, 0.5) is 0 Å². The van der Waals surface area contributed by atoms with Crippen molar-refractivity contribution >= 4 is 17.6 Å². The third-order valence-electron chi connectivity index (χ3n) is 3.48. The van der Waals surface area contributed by atoms with E-state index in [0.29, 0.717) is 23.8 Å². The number of carbonyl (C=O) groups is 1. The van der Waals surface area contributed by atoms with Crippen LogP contribution in [0.5, 0.6) is 5.75 Å². The molecular formula is C16H24ClNO3. The molecule has 0 fully saturated rings. The van der Waals surface area contributed by atoms with Gasteiger partial charge in [-0.1, -0.05) is 31.5 Å². The molecule has 0 saturated heterocycles. The zero-order chi connectivity index (χ0) is 15.8. The van der Waals surface area contributed by atoms with E-state index in [4.69, 9.17) is 21.1 Å². The van der Waals surface area contributed by atoms with E-state index in [9.17, 15) is 4.79 Å². The Balaban J connectivity index is 3.04. The summed E-state index contributed by atoms with van der Waals surface area (Å²) in [6.07, 6.45) is 0.318. The second-order valence-corrected chi connectivity index (χ2v) is 5.05. The summed E-state index contributed by atoms with van der Waals surface area (Å²) in [6.45, 7) is 8.07. The first-order chi connectivity index (χ1) is 10.1. The van der Waals surface area contributed by atoms with Gasteiger partial charge in [0.2, 0.25) is 0 Å². The third-order valence-corrected chi connectivity index (χ3v) is 3.77. The summed E-state index contributed by atoms with van der Waals surface area (Å²) in [6, 6.07) is 5.61. The van der Waals surface area contributed by atoms with Gasteiger partial charge in [0, 0.05) is 6.04 Å². The molecule has 0 heterocycles. The number of hydrogen-bond donors (Lipinski definition) is 0. The Morgan fingerprint density at radius 2 is 1.95 bits per heavy atom. The van der Waals surface area contributed by atoms with Gasteiger partial charge in [-0.25, -0.2) is 0 Å². The number of esters is 1. The van der Waals surface area contributed by atoms with E-state index in [2.05, 4.69) is 18.7 Å². The van der Waals surface area contributed by atoms with Crippen molar-refractivity contribution in [3.8, 4) is 5.75 Å². The van der Waals surface area contributed by atoms with Gasteiger partial charge in [-0.05, 0) is 37.7 Å². The zero-order valence-corrected chi connectivity index (χ0v) is 13.9. The average molecular weight is 314 g/mol. The van der Waals surface area contributed by atoms with E-state index in [1.54, 1.807) is 7.11 Å². The van der Waals surface area contributed by atoms with Crippen LogP contribution in [0, 0.1) is 0 Å². The van der Waals surface area contributed by atoms with E-state index in [0.717, 1.165) is 18.7 Å². The molecule has 5 heteroatoms. The van der Waals surface area contributed by atoms with Gasteiger partial charge in [0.25, 0.3) is 0 Å². The molecule has 1 rings (SSSR count). The second-order valence-electron chi connectivity index (χ2n) is 4.64. The SMILES string of the molecule is CCOC(=O)CC(c1ccc(OC)c(Cl)c1)N(CC)CC. The van der Waals surface area contributed by atoms with Gasteiger partial charge in [-0.3, -0.25) is 9.69 Å². The molecule has 0 N–H and O–H groups in total. The predicted molar refractivity (Wildman–Crippen MR) is 84.9 cm³/mol. The van der Waals surface area contributed by atoms with Crippen LogP contribution < -0.4 is 4.74 Å². The van der Waals surface area contributed by atoms with Gasteiger partial charge in [0.15, 0.2) is 0 Å². The van der Waals surface area contributed by atoms with Crippen LogP contribution in [-0.2, 0) is 9.53 Å². The van der Waals surface area contributed by atoms with Crippen molar-refractivity contribution in [2.45, 2.75) is 33.2 Å². The smallest absolute Gasteiger partial charge is 0.307 e. The Kier molecular flexibility index (Phi) is 7.54. The summed E-state index contributed by atoms with van der Waals surface area (Å²) < 4.78 is 10.3. The van der Waals surface area contributed by atoms with E-state index in [1.165, 1.54) is 0 Å². The Morgan fingerprint density at radius 1 is 1.29 bits per heavy atom. The van der Waals surface area contributed by atoms with Crippen molar-refractivity contribution < 1.29 is 14.3 Å². The summed E-state index contributed by atoms with van der Waals surface area (Å²) in [4.78, 5) is 14.1. The highest BCUT2D eigenvalue weighted by atomic mass is 35.5. The zero-order valence-electron chi connectivity index (χ0n) is 13.2. The number of methoxy groups -OCH3 is 1. The summed E-state index contributed by atoms with van der Waals surface area (Å²) in [7, 11) is 1.58. The standard InChI is InChI=1S/C16H24ClNO3/c1-5-18(6-2)14(11-16(19)21-7-3)12-8-9-15(20-4)13(17)10-12/h8-10,14H,5-7,11H2,1-4H3. The second kappa shape index (κ2) is 8.90. The summed E-state index contributed by atoms with van der Waals surface area (Å²) >= 11 is 6.20. The molecule has 0 aliphatic rings. The first-order valence-corrected chi connectivity index (χ1v) is 7.68. The minimum absolute atomic E-state index is 0.0394. The number of hydrogen-bond acceptors (Lipinski definition) is 4. The number of benzene rings is 1. The van der Waals surface area contributed by atoms with E-state index in [1.807, 2.05) is 25.1 Å². The van der Waals surface area contributed by atoms with Crippen LogP contribution in [-0.4, -0.2) is 37.7 Å². The van der Waals surface area contributed by atoms with Crippen molar-refractivity contribution in [1.82, 2.24) is 4.90 Å². The van der Waals surface area contributed by atoms with Gasteiger partial charge in [0.1, 0.15) is 5.75 Å². The lowest BCUT2D eigenvalue weighted by Gasteiger charge is -2.29. The van der Waals surface area contributed by atoms with Crippen molar-refractivity contribution in [2.24, 2.45) is 0 Å². The molecule has 4 nitrogen and oxygen atoms in total. The molecule has 1 aromatic carbocycles. The van der Waals surface area contributed by atoms with Gasteiger partial charge >= 0.3 is 5.97 Å². The monoisotopic (exact) mass is 313 g/mol. The molecule has 0 amide bonds. The number of halogens is 1. The summed E-state index contributed by atoms with van der Waals surface area (Å²) in [5.74, 6) is 0.441.